The van der Waals surface area contributed by atoms with Crippen molar-refractivity contribution in [2.75, 3.05) is 19.1 Å². The standard InChI is InChI=1S/C15H14FN3OS/c1-20-14-8-13-12(7-11(14)16)18-15(17)19(13)9-3-5-10(21-2)6-4-9/h3-8H,1-2H3,(H2,17,18). The molecule has 0 saturated heterocycles. The SMILES string of the molecule is COc1cc2c(cc1F)nc(N)n2-c1ccc(SC)cc1. The molecule has 0 spiro atoms. The molecule has 0 amide bonds. The van der Waals surface area contributed by atoms with Crippen LogP contribution in [0.15, 0.2) is 41.3 Å². The summed E-state index contributed by atoms with van der Waals surface area (Å²) in [6.07, 6.45) is 2.02. The Bertz CT molecular complexity index is 799. The number of nitrogens with two attached hydrogens (primary N) is 1. The molecule has 0 saturated carbocycles. The fraction of sp³-hybridized carbons (Fsp3) is 0.133. The van der Waals surface area contributed by atoms with Gasteiger partial charge in [-0.15, -0.1) is 11.8 Å². The zero-order valence-corrected chi connectivity index (χ0v) is 12.4. The summed E-state index contributed by atoms with van der Waals surface area (Å²) in [6, 6.07) is 10.9. The molecule has 2 N–H and O–H groups in total. The number of hydrogen-bond acceptors (Lipinski definition) is 4. The Hall–Kier alpha value is -2.21. The van der Waals surface area contributed by atoms with E-state index in [1.54, 1.807) is 22.4 Å². The smallest absolute Gasteiger partial charge is 0.205 e. The van der Waals surface area contributed by atoms with E-state index in [0.29, 0.717) is 17.0 Å². The Morgan fingerprint density at radius 2 is 1.95 bits per heavy atom. The van der Waals surface area contributed by atoms with Crippen LogP contribution in [-0.2, 0) is 0 Å². The zero-order valence-electron chi connectivity index (χ0n) is 11.6. The van der Waals surface area contributed by atoms with Gasteiger partial charge in [-0.25, -0.2) is 9.37 Å². The maximum atomic E-state index is 13.7. The summed E-state index contributed by atoms with van der Waals surface area (Å²) in [7, 11) is 1.43. The number of aromatic nitrogens is 2. The first-order valence-electron chi connectivity index (χ1n) is 6.30. The fourth-order valence-electron chi connectivity index (χ4n) is 2.26. The predicted molar refractivity (Wildman–Crippen MR) is 83.8 cm³/mol. The van der Waals surface area contributed by atoms with Crippen LogP contribution in [0.4, 0.5) is 10.3 Å². The second-order valence-electron chi connectivity index (χ2n) is 4.48. The van der Waals surface area contributed by atoms with E-state index in [2.05, 4.69) is 4.98 Å². The summed E-state index contributed by atoms with van der Waals surface area (Å²) in [5.41, 5.74) is 8.07. The van der Waals surface area contributed by atoms with Crippen LogP contribution in [0.25, 0.3) is 16.7 Å². The molecule has 6 heteroatoms. The van der Waals surface area contributed by atoms with Gasteiger partial charge >= 0.3 is 0 Å². The minimum atomic E-state index is -0.451. The summed E-state index contributed by atoms with van der Waals surface area (Å²) < 4.78 is 20.6. The van der Waals surface area contributed by atoms with Gasteiger partial charge in [0.25, 0.3) is 0 Å². The average Bonchev–Trinajstić information content (AvgIpc) is 2.81. The van der Waals surface area contributed by atoms with Gasteiger partial charge in [0.15, 0.2) is 11.6 Å². The Morgan fingerprint density at radius 1 is 1.24 bits per heavy atom. The number of methoxy groups -OCH3 is 1. The van der Waals surface area contributed by atoms with Crippen molar-refractivity contribution in [3.8, 4) is 11.4 Å². The predicted octanol–water partition coefficient (Wildman–Crippen LogP) is 3.48. The van der Waals surface area contributed by atoms with Gasteiger partial charge in [0, 0.05) is 22.7 Å². The Labute approximate surface area is 125 Å². The van der Waals surface area contributed by atoms with Crippen LogP contribution in [0.3, 0.4) is 0 Å². The van der Waals surface area contributed by atoms with E-state index in [4.69, 9.17) is 10.5 Å². The number of nitrogens with zero attached hydrogens (tertiary/aromatic N) is 2. The zero-order chi connectivity index (χ0) is 15.0. The molecule has 3 rings (SSSR count). The highest BCUT2D eigenvalue weighted by Crippen LogP contribution is 2.29. The van der Waals surface area contributed by atoms with Crippen molar-refractivity contribution in [1.82, 2.24) is 9.55 Å². The second-order valence-corrected chi connectivity index (χ2v) is 5.36. The summed E-state index contributed by atoms with van der Waals surface area (Å²) in [4.78, 5) is 5.37. The molecule has 0 aliphatic rings. The molecule has 0 unspecified atom stereocenters. The van der Waals surface area contributed by atoms with Crippen LogP contribution >= 0.6 is 11.8 Å². The molecule has 1 heterocycles. The molecule has 4 nitrogen and oxygen atoms in total. The molecule has 0 fully saturated rings. The highest BCUT2D eigenvalue weighted by Gasteiger charge is 2.14. The third-order valence-corrected chi connectivity index (χ3v) is 4.03. The van der Waals surface area contributed by atoms with Gasteiger partial charge in [0.05, 0.1) is 18.1 Å². The first-order valence-corrected chi connectivity index (χ1v) is 7.52. The molecule has 108 valence electrons. The molecule has 3 aromatic rings. The highest BCUT2D eigenvalue weighted by atomic mass is 32.2. The lowest BCUT2D eigenvalue weighted by molar-refractivity contribution is 0.387. The van der Waals surface area contributed by atoms with E-state index in [1.165, 1.54) is 13.2 Å². The van der Waals surface area contributed by atoms with Crippen molar-refractivity contribution in [3.05, 3.63) is 42.2 Å². The molecule has 0 bridgehead atoms. The van der Waals surface area contributed by atoms with Crippen LogP contribution < -0.4 is 10.5 Å². The largest absolute Gasteiger partial charge is 0.494 e. The van der Waals surface area contributed by atoms with Crippen LogP contribution in [0.2, 0.25) is 0 Å². The summed E-state index contributed by atoms with van der Waals surface area (Å²) in [6.45, 7) is 0. The molecule has 0 radical (unpaired) electrons. The topological polar surface area (TPSA) is 53.1 Å². The third kappa shape index (κ3) is 2.31. The van der Waals surface area contributed by atoms with Crippen molar-refractivity contribution in [2.45, 2.75) is 4.90 Å². The Morgan fingerprint density at radius 3 is 2.57 bits per heavy atom. The van der Waals surface area contributed by atoms with Gasteiger partial charge in [-0.1, -0.05) is 0 Å². The van der Waals surface area contributed by atoms with E-state index in [0.717, 1.165) is 10.6 Å². The van der Waals surface area contributed by atoms with E-state index in [9.17, 15) is 4.39 Å². The van der Waals surface area contributed by atoms with Crippen LogP contribution in [-0.4, -0.2) is 22.9 Å². The van der Waals surface area contributed by atoms with Crippen LogP contribution in [0.1, 0.15) is 0 Å². The van der Waals surface area contributed by atoms with Crippen LogP contribution in [0, 0.1) is 5.82 Å². The number of fused-ring (bicyclic) bond motifs is 1. The Kier molecular flexibility index (Phi) is 3.47. The first kappa shape index (κ1) is 13.8. The number of anilines is 1. The molecular weight excluding hydrogens is 289 g/mol. The summed E-state index contributed by atoms with van der Waals surface area (Å²) >= 11 is 1.66. The number of nitrogen functional groups attached to an aromatic ring is 1. The van der Waals surface area contributed by atoms with Gasteiger partial charge in [-0.05, 0) is 30.5 Å². The lowest BCUT2D eigenvalue weighted by Gasteiger charge is -2.08. The summed E-state index contributed by atoms with van der Waals surface area (Å²) in [5.74, 6) is 0.0336. The first-order chi connectivity index (χ1) is 10.1. The Balaban J connectivity index is 2.22. The van der Waals surface area contributed by atoms with Crippen molar-refractivity contribution >= 4 is 28.7 Å². The summed E-state index contributed by atoms with van der Waals surface area (Å²) in [5, 5.41) is 0. The molecule has 2 aromatic carbocycles. The number of imidazole rings is 1. The number of rotatable bonds is 3. The van der Waals surface area contributed by atoms with Crippen molar-refractivity contribution in [3.63, 3.8) is 0 Å². The molecule has 0 atom stereocenters. The van der Waals surface area contributed by atoms with Crippen LogP contribution in [0.5, 0.6) is 5.75 Å². The van der Waals surface area contributed by atoms with Crippen molar-refractivity contribution in [2.24, 2.45) is 0 Å². The van der Waals surface area contributed by atoms with Gasteiger partial charge in [0.1, 0.15) is 0 Å². The molecule has 21 heavy (non-hydrogen) atoms. The second kappa shape index (κ2) is 5.29. The third-order valence-electron chi connectivity index (χ3n) is 3.28. The van der Waals surface area contributed by atoms with Crippen molar-refractivity contribution in [1.29, 1.82) is 0 Å². The van der Waals surface area contributed by atoms with Gasteiger partial charge in [-0.2, -0.15) is 0 Å². The monoisotopic (exact) mass is 303 g/mol. The number of hydrogen-bond donors (Lipinski definition) is 1. The quantitative estimate of drug-likeness (QED) is 0.753. The maximum Gasteiger partial charge on any atom is 0.205 e. The van der Waals surface area contributed by atoms with E-state index in [1.807, 2.05) is 30.5 Å². The van der Waals surface area contributed by atoms with E-state index in [-0.39, 0.29) is 5.75 Å². The van der Waals surface area contributed by atoms with Gasteiger partial charge < -0.3 is 10.5 Å². The minimum Gasteiger partial charge on any atom is -0.494 e. The number of thioether (sulfide) groups is 1. The average molecular weight is 303 g/mol. The fourth-order valence-corrected chi connectivity index (χ4v) is 2.66. The van der Waals surface area contributed by atoms with E-state index < -0.39 is 5.82 Å². The highest BCUT2D eigenvalue weighted by molar-refractivity contribution is 7.98. The van der Waals surface area contributed by atoms with E-state index >= 15 is 0 Å². The van der Waals surface area contributed by atoms with Gasteiger partial charge in [-0.3, -0.25) is 4.57 Å². The maximum absolute atomic E-state index is 13.7. The lowest BCUT2D eigenvalue weighted by Crippen LogP contribution is -2.00. The van der Waals surface area contributed by atoms with Crippen molar-refractivity contribution < 1.29 is 9.13 Å². The normalized spacial score (nSPS) is 11.0. The molecule has 1 aromatic heterocycles. The lowest BCUT2D eigenvalue weighted by atomic mass is 10.2. The van der Waals surface area contributed by atoms with Gasteiger partial charge in [0.2, 0.25) is 5.95 Å². The molecular formula is C15H14FN3OS. The molecule has 0 aliphatic heterocycles. The molecule has 0 aliphatic carbocycles. The minimum absolute atomic E-state index is 0.171. The number of ether oxygens (including phenoxy) is 1. The number of halogens is 1. The number of benzene rings is 2.